The number of alkyl halides is 2. The van der Waals surface area contributed by atoms with E-state index in [0.29, 0.717) is 18.4 Å². The molecule has 0 bridgehead atoms. The van der Waals surface area contributed by atoms with Gasteiger partial charge in [-0.3, -0.25) is 4.79 Å². The van der Waals surface area contributed by atoms with Crippen molar-refractivity contribution in [3.05, 3.63) is 47.7 Å². The third-order valence-electron chi connectivity index (χ3n) is 5.83. The first-order valence-corrected chi connectivity index (χ1v) is 10.4. The first-order valence-electron chi connectivity index (χ1n) is 10.4. The number of rotatable bonds is 6. The van der Waals surface area contributed by atoms with Crippen molar-refractivity contribution >= 4 is 17.6 Å². The van der Waals surface area contributed by atoms with Crippen LogP contribution in [0, 0.1) is 11.7 Å². The number of amides is 1. The van der Waals surface area contributed by atoms with Crippen LogP contribution >= 0.6 is 0 Å². The molecular weight excluding hydrogens is 439 g/mol. The molecule has 1 fully saturated rings. The number of amidine groups is 1. The number of halogens is 3. The van der Waals surface area contributed by atoms with Crippen LogP contribution in [0.2, 0.25) is 0 Å². The van der Waals surface area contributed by atoms with Crippen LogP contribution < -0.4 is 15.8 Å². The molecule has 2 heterocycles. The summed E-state index contributed by atoms with van der Waals surface area (Å²) in [5, 5.41) is 2.52. The van der Waals surface area contributed by atoms with Crippen LogP contribution in [0.1, 0.15) is 49.7 Å². The van der Waals surface area contributed by atoms with Gasteiger partial charge in [0.2, 0.25) is 5.88 Å². The van der Waals surface area contributed by atoms with E-state index >= 15 is 8.78 Å². The Morgan fingerprint density at radius 3 is 2.61 bits per heavy atom. The van der Waals surface area contributed by atoms with Gasteiger partial charge in [-0.15, -0.1) is 0 Å². The number of hydrogen-bond donors (Lipinski definition) is 2. The lowest BCUT2D eigenvalue weighted by atomic mass is 9.77. The van der Waals surface area contributed by atoms with E-state index in [1.54, 1.807) is 0 Å². The summed E-state index contributed by atoms with van der Waals surface area (Å²) in [7, 11) is 0. The van der Waals surface area contributed by atoms with Gasteiger partial charge in [-0.25, -0.2) is 19.4 Å². The summed E-state index contributed by atoms with van der Waals surface area (Å²) in [6, 6.07) is 2.83. The molecule has 1 aliphatic carbocycles. The number of hydrogen-bond acceptors (Lipinski definition) is 7. The minimum atomic E-state index is -3.63. The molecule has 2 aliphatic rings. The second kappa shape index (κ2) is 7.89. The molecule has 176 valence electrons. The van der Waals surface area contributed by atoms with Crippen LogP contribution in [0.4, 0.5) is 18.9 Å². The summed E-state index contributed by atoms with van der Waals surface area (Å²) < 4.78 is 55.8. The van der Waals surface area contributed by atoms with E-state index in [9.17, 15) is 9.18 Å². The normalized spacial score (nSPS) is 23.3. The van der Waals surface area contributed by atoms with Gasteiger partial charge in [-0.1, -0.05) is 0 Å². The van der Waals surface area contributed by atoms with Gasteiger partial charge in [-0.2, -0.15) is 8.78 Å². The number of anilines is 1. The zero-order valence-electron chi connectivity index (χ0n) is 18.4. The number of carbonyl (C=O) groups excluding carboxylic acids is 1. The Labute approximate surface area is 188 Å². The molecule has 33 heavy (non-hydrogen) atoms. The summed E-state index contributed by atoms with van der Waals surface area (Å²) >= 11 is 0. The Morgan fingerprint density at radius 1 is 1.24 bits per heavy atom. The maximum atomic E-state index is 15.3. The molecule has 1 aliphatic heterocycles. The van der Waals surface area contributed by atoms with Crippen molar-refractivity contribution in [1.29, 1.82) is 0 Å². The Morgan fingerprint density at radius 2 is 1.97 bits per heavy atom. The van der Waals surface area contributed by atoms with Crippen LogP contribution in [-0.2, 0) is 10.3 Å². The Hall–Kier alpha value is -3.37. The highest BCUT2D eigenvalue weighted by Crippen LogP contribution is 2.51. The van der Waals surface area contributed by atoms with Crippen molar-refractivity contribution in [2.75, 3.05) is 11.9 Å². The van der Waals surface area contributed by atoms with E-state index in [0.717, 1.165) is 45.7 Å². The molecular formula is C22H24F3N5O3. The molecule has 8 nitrogen and oxygen atoms in total. The van der Waals surface area contributed by atoms with Gasteiger partial charge >= 0.3 is 5.92 Å². The molecule has 0 unspecified atom stereocenters. The van der Waals surface area contributed by atoms with Crippen LogP contribution in [0.5, 0.6) is 5.88 Å². The summed E-state index contributed by atoms with van der Waals surface area (Å²) in [6.07, 6.45) is 4.82. The van der Waals surface area contributed by atoms with Gasteiger partial charge in [0, 0.05) is 11.3 Å². The lowest BCUT2D eigenvalue weighted by Gasteiger charge is -2.46. The number of carbonyl (C=O) groups is 1. The van der Waals surface area contributed by atoms with E-state index in [1.807, 2.05) is 0 Å². The van der Waals surface area contributed by atoms with Crippen molar-refractivity contribution in [3.63, 3.8) is 0 Å². The molecule has 4 rings (SSSR count). The van der Waals surface area contributed by atoms with E-state index < -0.39 is 40.4 Å². The molecule has 3 N–H and O–H groups in total. The van der Waals surface area contributed by atoms with E-state index in [1.165, 1.54) is 18.5 Å². The van der Waals surface area contributed by atoms with Crippen LogP contribution in [-0.4, -0.2) is 40.0 Å². The number of aromatic nitrogens is 2. The van der Waals surface area contributed by atoms with Crippen molar-refractivity contribution in [2.45, 2.75) is 50.7 Å². The Kier molecular flexibility index (Phi) is 5.45. The number of benzene rings is 1. The van der Waals surface area contributed by atoms with Crippen molar-refractivity contribution in [3.8, 4) is 5.88 Å². The van der Waals surface area contributed by atoms with Crippen LogP contribution in [0.25, 0.3) is 0 Å². The van der Waals surface area contributed by atoms with E-state index in [2.05, 4.69) is 20.3 Å². The van der Waals surface area contributed by atoms with Gasteiger partial charge in [0.05, 0.1) is 19.0 Å². The fourth-order valence-electron chi connectivity index (χ4n) is 3.62. The average molecular weight is 463 g/mol. The highest BCUT2D eigenvalue weighted by Gasteiger charge is 2.66. The Bertz CT molecular complexity index is 1100. The first kappa shape index (κ1) is 22.8. The Balaban J connectivity index is 1.57. The number of aliphatic imine (C=N–C) groups is 1. The SMILES string of the molecule is CC1(C)OC(N)=N[C@](C)(c2cc(NC(=O)c3cnc(OCC4CC4)cn3)ccc2F)C1(F)F. The van der Waals surface area contributed by atoms with Gasteiger partial charge in [0.25, 0.3) is 11.9 Å². The molecule has 0 spiro atoms. The zero-order chi connectivity index (χ0) is 24.0. The minimum absolute atomic E-state index is 0.0225. The molecule has 1 aromatic carbocycles. The maximum Gasteiger partial charge on any atom is 0.315 e. The molecule has 1 aromatic heterocycles. The number of nitrogens with two attached hydrogens (primary N) is 1. The van der Waals surface area contributed by atoms with E-state index in [-0.39, 0.29) is 11.4 Å². The summed E-state index contributed by atoms with van der Waals surface area (Å²) in [5.41, 5.74) is 0.809. The lowest BCUT2D eigenvalue weighted by molar-refractivity contribution is -0.207. The van der Waals surface area contributed by atoms with Crippen LogP contribution in [0.15, 0.2) is 35.6 Å². The summed E-state index contributed by atoms with van der Waals surface area (Å²) in [5.74, 6) is -4.37. The van der Waals surface area contributed by atoms with Crippen LogP contribution in [0.3, 0.4) is 0 Å². The van der Waals surface area contributed by atoms with Gasteiger partial charge < -0.3 is 20.5 Å². The fraction of sp³-hybridized carbons (Fsp3) is 0.455. The summed E-state index contributed by atoms with van der Waals surface area (Å²) in [4.78, 5) is 24.4. The largest absolute Gasteiger partial charge is 0.476 e. The fourth-order valence-corrected chi connectivity index (χ4v) is 3.62. The summed E-state index contributed by atoms with van der Waals surface area (Å²) in [6.45, 7) is 3.91. The standard InChI is InChI=1S/C22H24F3N5O3/c1-20(2)22(24,25)21(3,30-19(26)33-20)14-8-13(6-7-15(14)23)29-18(31)16-9-28-17(10-27-16)32-11-12-4-5-12/h6-10,12H,4-5,11H2,1-3H3,(H2,26,30)(H,29,31)/t21-/m1/s1. The average Bonchev–Trinajstić information content (AvgIpc) is 3.57. The first-order chi connectivity index (χ1) is 15.4. The minimum Gasteiger partial charge on any atom is -0.476 e. The molecule has 1 amide bonds. The highest BCUT2D eigenvalue weighted by atomic mass is 19.3. The third-order valence-corrected chi connectivity index (χ3v) is 5.83. The topological polar surface area (TPSA) is 112 Å². The number of nitrogens with one attached hydrogen (secondary N) is 1. The predicted molar refractivity (Wildman–Crippen MR) is 114 cm³/mol. The quantitative estimate of drug-likeness (QED) is 0.677. The molecule has 1 saturated carbocycles. The smallest absolute Gasteiger partial charge is 0.315 e. The zero-order valence-corrected chi connectivity index (χ0v) is 18.4. The number of nitrogens with zero attached hydrogens (tertiary/aromatic N) is 3. The van der Waals surface area contributed by atoms with E-state index in [4.69, 9.17) is 15.2 Å². The highest BCUT2D eigenvalue weighted by molar-refractivity contribution is 6.02. The lowest BCUT2D eigenvalue weighted by Crippen LogP contribution is -2.62. The second-order valence-electron chi connectivity index (χ2n) is 8.85. The predicted octanol–water partition coefficient (Wildman–Crippen LogP) is 3.63. The third kappa shape index (κ3) is 4.19. The van der Waals surface area contributed by atoms with Crippen molar-refractivity contribution in [1.82, 2.24) is 9.97 Å². The van der Waals surface area contributed by atoms with Gasteiger partial charge in [-0.05, 0) is 57.7 Å². The number of ether oxygens (including phenoxy) is 2. The van der Waals surface area contributed by atoms with Crippen molar-refractivity contribution < 1.29 is 27.4 Å². The molecule has 0 radical (unpaired) electrons. The molecule has 2 aromatic rings. The molecule has 0 saturated heterocycles. The molecule has 1 atom stereocenters. The van der Waals surface area contributed by atoms with Crippen molar-refractivity contribution in [2.24, 2.45) is 16.6 Å². The monoisotopic (exact) mass is 463 g/mol. The second-order valence-corrected chi connectivity index (χ2v) is 8.85. The van der Waals surface area contributed by atoms with Gasteiger partial charge in [0.1, 0.15) is 11.5 Å². The molecule has 11 heteroatoms. The maximum absolute atomic E-state index is 15.3. The van der Waals surface area contributed by atoms with Gasteiger partial charge in [0.15, 0.2) is 11.1 Å².